The van der Waals surface area contributed by atoms with E-state index in [4.69, 9.17) is 11.6 Å². The van der Waals surface area contributed by atoms with E-state index >= 15 is 0 Å². The molecular formula is C13H17ClN2O2Te2. The average Bonchev–Trinajstić information content (AvgIpc) is 2.37. The number of halogens is 1. The van der Waals surface area contributed by atoms with Crippen molar-refractivity contribution in [2.45, 2.75) is 2.01 Å². The van der Waals surface area contributed by atoms with Gasteiger partial charge >= 0.3 is 146 Å². The molecule has 0 aliphatic heterocycles. The number of hydrogen-bond donors (Lipinski definition) is 0. The van der Waals surface area contributed by atoms with Crippen LogP contribution in [0.1, 0.15) is 7.58 Å². The summed E-state index contributed by atoms with van der Waals surface area (Å²) in [5, 5.41) is 0.655. The Morgan fingerprint density at radius 2 is 1.55 bits per heavy atom. The van der Waals surface area contributed by atoms with Crippen molar-refractivity contribution >= 4 is 61.4 Å². The van der Waals surface area contributed by atoms with E-state index in [-0.39, 0.29) is 9.92 Å². The molecule has 7 heteroatoms. The van der Waals surface area contributed by atoms with Gasteiger partial charge in [0.1, 0.15) is 0 Å². The monoisotopic (exact) mass is 528 g/mol. The van der Waals surface area contributed by atoms with Gasteiger partial charge in [0.15, 0.2) is 0 Å². The fourth-order valence-corrected chi connectivity index (χ4v) is 9.48. The van der Waals surface area contributed by atoms with Gasteiger partial charge in [-0.1, -0.05) is 0 Å². The molecule has 0 aromatic heterocycles. The van der Waals surface area contributed by atoms with Gasteiger partial charge in [-0.3, -0.25) is 0 Å². The third-order valence-corrected chi connectivity index (χ3v) is 12.2. The van der Waals surface area contributed by atoms with Crippen molar-refractivity contribution in [3.8, 4) is 0 Å². The fourth-order valence-electron chi connectivity index (χ4n) is 1.21. The van der Waals surface area contributed by atoms with Crippen LogP contribution in [-0.4, -0.2) is 87.7 Å². The minimum absolute atomic E-state index is 0.106. The van der Waals surface area contributed by atoms with Crippen molar-refractivity contribution in [3.05, 3.63) is 34.9 Å². The second-order valence-corrected chi connectivity index (χ2v) is 13.8. The Kier molecular flexibility index (Phi) is 7.65. The van der Waals surface area contributed by atoms with E-state index in [9.17, 15) is 9.59 Å². The molecule has 0 radical (unpaired) electrons. The van der Waals surface area contributed by atoms with Crippen LogP contribution in [-0.2, 0) is 0 Å². The molecule has 20 heavy (non-hydrogen) atoms. The van der Waals surface area contributed by atoms with Gasteiger partial charge in [-0.2, -0.15) is 0 Å². The van der Waals surface area contributed by atoms with E-state index in [1.165, 1.54) is 0 Å². The molecular weight excluding hydrogens is 507 g/mol. The topological polar surface area (TPSA) is 40.6 Å². The zero-order valence-electron chi connectivity index (χ0n) is 11.8. The van der Waals surface area contributed by atoms with Gasteiger partial charge < -0.3 is 0 Å². The van der Waals surface area contributed by atoms with Crippen LogP contribution in [0.5, 0.6) is 0 Å². The molecule has 0 aliphatic rings. The van der Waals surface area contributed by atoms with Crippen molar-refractivity contribution in [2.24, 2.45) is 0 Å². The molecule has 0 aliphatic carbocycles. The van der Waals surface area contributed by atoms with Crippen LogP contribution in [0.25, 0.3) is 0 Å². The molecule has 0 heterocycles. The van der Waals surface area contributed by atoms with Crippen LogP contribution in [0.2, 0.25) is 5.02 Å². The Labute approximate surface area is 145 Å². The zero-order valence-corrected chi connectivity index (χ0v) is 17.2. The summed E-state index contributed by atoms with van der Waals surface area (Å²) in [6.45, 7) is 0. The van der Waals surface area contributed by atoms with Crippen molar-refractivity contribution in [1.82, 2.24) is 9.80 Å². The summed E-state index contributed by atoms with van der Waals surface area (Å²) in [5.74, 6) is 0. The second kappa shape index (κ2) is 8.47. The molecule has 0 unspecified atom stereocenters. The number of carbonyl (C=O) groups excluding carboxylic acids is 2. The average molecular weight is 524 g/mol. The Morgan fingerprint density at radius 1 is 1.05 bits per heavy atom. The normalized spacial score (nSPS) is 10.5. The maximum absolute atomic E-state index is 12.0. The van der Waals surface area contributed by atoms with Crippen LogP contribution >= 0.6 is 11.6 Å². The van der Waals surface area contributed by atoms with Crippen molar-refractivity contribution in [3.63, 3.8) is 0 Å². The van der Waals surface area contributed by atoms with Crippen LogP contribution in [0.15, 0.2) is 24.3 Å². The first-order valence-corrected chi connectivity index (χ1v) is 11.2. The molecule has 1 aromatic rings. The first kappa shape index (κ1) is 18.1. The van der Waals surface area contributed by atoms with E-state index in [1.807, 2.05) is 24.3 Å². The predicted octanol–water partition coefficient (Wildman–Crippen LogP) is 2.11. The van der Waals surface area contributed by atoms with Gasteiger partial charge in [-0.05, 0) is 0 Å². The third kappa shape index (κ3) is 5.80. The Hall–Kier alpha value is 0.0292. The van der Waals surface area contributed by atoms with Crippen LogP contribution in [0.4, 0.5) is 9.59 Å². The molecule has 0 N–H and O–H groups in total. The van der Waals surface area contributed by atoms with E-state index in [0.717, 1.165) is 5.56 Å². The van der Waals surface area contributed by atoms with E-state index in [1.54, 1.807) is 38.0 Å². The third-order valence-electron chi connectivity index (χ3n) is 2.27. The van der Waals surface area contributed by atoms with Gasteiger partial charge in [0.2, 0.25) is 0 Å². The van der Waals surface area contributed by atoms with Gasteiger partial charge in [-0.15, -0.1) is 0 Å². The summed E-state index contributed by atoms with van der Waals surface area (Å²) in [6.07, 6.45) is 0. The molecule has 0 spiro atoms. The van der Waals surface area contributed by atoms with Crippen molar-refractivity contribution in [1.29, 1.82) is 0 Å². The molecule has 2 amide bonds. The summed E-state index contributed by atoms with van der Waals surface area (Å²) in [7, 11) is 7.04. The molecule has 0 atom stereocenters. The van der Waals surface area contributed by atoms with Gasteiger partial charge in [0.25, 0.3) is 0 Å². The van der Waals surface area contributed by atoms with Gasteiger partial charge in [-0.25, -0.2) is 0 Å². The molecule has 0 fully saturated rings. The predicted molar refractivity (Wildman–Crippen MR) is 83.9 cm³/mol. The number of carbonyl (C=O) groups is 2. The summed E-state index contributed by atoms with van der Waals surface area (Å²) in [6, 6.07) is 7.54. The molecule has 110 valence electrons. The molecule has 0 saturated heterocycles. The summed E-state index contributed by atoms with van der Waals surface area (Å²) < 4.78 is 0.434. The Balaban J connectivity index is 2.95. The Morgan fingerprint density at radius 3 is 1.95 bits per heavy atom. The SMILES string of the molecule is CN(C)C(=O)[Te]C([Te]C(=O)N(C)C)c1cccc(Cl)c1. The van der Waals surface area contributed by atoms with E-state index in [0.29, 0.717) is 5.02 Å². The zero-order chi connectivity index (χ0) is 15.3. The fraction of sp³-hybridized carbons (Fsp3) is 0.385. The number of hydrogen-bond acceptors (Lipinski definition) is 2. The summed E-state index contributed by atoms with van der Waals surface area (Å²) >= 11 is 4.11. The van der Waals surface area contributed by atoms with Crippen LogP contribution in [0, 0.1) is 0 Å². The summed E-state index contributed by atoms with van der Waals surface area (Å²) in [5.41, 5.74) is 1.03. The van der Waals surface area contributed by atoms with Crippen molar-refractivity contribution in [2.75, 3.05) is 28.2 Å². The summed E-state index contributed by atoms with van der Waals surface area (Å²) in [4.78, 5) is 27.3. The first-order valence-electron chi connectivity index (χ1n) is 5.82. The second-order valence-electron chi connectivity index (χ2n) is 4.44. The number of nitrogens with zero attached hydrogens (tertiary/aromatic N) is 2. The van der Waals surface area contributed by atoms with Crippen LogP contribution < -0.4 is 0 Å². The quantitative estimate of drug-likeness (QED) is 0.555. The maximum atomic E-state index is 12.0. The molecule has 1 rings (SSSR count). The van der Waals surface area contributed by atoms with E-state index in [2.05, 4.69) is 0 Å². The van der Waals surface area contributed by atoms with E-state index < -0.39 is 41.8 Å². The van der Waals surface area contributed by atoms with Gasteiger partial charge in [0, 0.05) is 0 Å². The Bertz CT molecular complexity index is 473. The first-order chi connectivity index (χ1) is 9.31. The van der Waals surface area contributed by atoms with Crippen molar-refractivity contribution < 1.29 is 9.59 Å². The standard InChI is InChI=1S/C13H17ClN2O2Te2/c1-15(2)12(17)19-11(20-13(18)16(3)4)9-6-5-7-10(14)8-9/h5-8,11H,1-4H3. The van der Waals surface area contributed by atoms with Gasteiger partial charge in [0.05, 0.1) is 0 Å². The molecule has 4 nitrogen and oxygen atoms in total. The molecule has 1 aromatic carbocycles. The molecule has 0 bridgehead atoms. The number of amides is 2. The molecule has 0 saturated carbocycles. The number of benzene rings is 1. The minimum atomic E-state index is -0.958. The number of rotatable bonds is 5. The van der Waals surface area contributed by atoms with Crippen LogP contribution in [0.3, 0.4) is 0 Å².